The molecule has 1 fully saturated rings. The first-order valence-electron chi connectivity index (χ1n) is 13.0. The Morgan fingerprint density at radius 2 is 1.53 bits per heavy atom. The molecule has 0 radical (unpaired) electrons. The zero-order valence-electron chi connectivity index (χ0n) is 20.1. The Bertz CT molecular complexity index is 1070. The number of hydrogen-bond donors (Lipinski definition) is 2. The van der Waals surface area contributed by atoms with Crippen molar-refractivity contribution >= 4 is 0 Å². The van der Waals surface area contributed by atoms with Crippen LogP contribution in [-0.4, -0.2) is 23.8 Å². The van der Waals surface area contributed by atoms with Gasteiger partial charge < -0.3 is 15.2 Å². The van der Waals surface area contributed by atoms with Crippen LogP contribution in [-0.2, 0) is 24.9 Å². The first-order chi connectivity index (χ1) is 16.7. The van der Waals surface area contributed by atoms with Gasteiger partial charge in [0.05, 0.1) is 5.60 Å². The molecular weight excluding hydrogens is 418 g/mol. The predicted octanol–water partition coefficient (Wildman–Crippen LogP) is 5.98. The number of fused-ring (bicyclic) bond motifs is 3. The molecule has 2 aliphatic carbocycles. The van der Waals surface area contributed by atoms with E-state index in [0.29, 0.717) is 6.61 Å². The van der Waals surface area contributed by atoms with Gasteiger partial charge in [-0.15, -0.1) is 0 Å². The van der Waals surface area contributed by atoms with Gasteiger partial charge in [-0.25, -0.2) is 0 Å². The van der Waals surface area contributed by atoms with Crippen molar-refractivity contribution in [2.75, 3.05) is 13.1 Å². The molecule has 0 aliphatic heterocycles. The number of rotatable bonds is 9. The van der Waals surface area contributed by atoms with Crippen LogP contribution in [0.3, 0.4) is 0 Å². The van der Waals surface area contributed by atoms with Gasteiger partial charge in [0, 0.05) is 5.41 Å². The fourth-order valence-corrected chi connectivity index (χ4v) is 6.25. The summed E-state index contributed by atoms with van der Waals surface area (Å²) in [5.41, 5.74) is 4.46. The second kappa shape index (κ2) is 10.3. The highest BCUT2D eigenvalue weighted by Gasteiger charge is 2.54. The summed E-state index contributed by atoms with van der Waals surface area (Å²) in [5, 5.41) is 15.6. The average molecular weight is 456 g/mol. The van der Waals surface area contributed by atoms with Crippen molar-refractivity contribution in [3.8, 4) is 5.75 Å². The minimum absolute atomic E-state index is 0.190. The van der Waals surface area contributed by atoms with E-state index in [1.165, 1.54) is 28.7 Å². The summed E-state index contributed by atoms with van der Waals surface area (Å²) in [7, 11) is 0. The number of aliphatic hydroxyl groups is 1. The van der Waals surface area contributed by atoms with Gasteiger partial charge in [0.1, 0.15) is 12.4 Å². The van der Waals surface area contributed by atoms with Crippen LogP contribution < -0.4 is 10.1 Å². The largest absolute Gasteiger partial charge is 0.489 e. The Kier molecular flexibility index (Phi) is 7.03. The molecule has 2 N–H and O–H groups in total. The molecule has 3 aromatic carbocycles. The molecule has 3 nitrogen and oxygen atoms in total. The normalized spacial score (nSPS) is 23.7. The summed E-state index contributed by atoms with van der Waals surface area (Å²) < 4.78 is 6.21. The molecule has 0 aromatic heterocycles. The van der Waals surface area contributed by atoms with Crippen LogP contribution in [0.25, 0.3) is 0 Å². The maximum atomic E-state index is 12.0. The van der Waals surface area contributed by atoms with Crippen molar-refractivity contribution < 1.29 is 9.84 Å². The Balaban J connectivity index is 1.32. The van der Waals surface area contributed by atoms with E-state index >= 15 is 0 Å². The summed E-state index contributed by atoms with van der Waals surface area (Å²) in [5.74, 6) is 0.911. The van der Waals surface area contributed by atoms with Gasteiger partial charge in [-0.1, -0.05) is 79.6 Å². The van der Waals surface area contributed by atoms with Crippen LogP contribution in [0.5, 0.6) is 5.75 Å². The minimum Gasteiger partial charge on any atom is -0.489 e. The lowest BCUT2D eigenvalue weighted by Crippen LogP contribution is -2.57. The number of aryl methyl sites for hydroxylation is 1. The number of ether oxygens (including phenoxy) is 1. The third kappa shape index (κ3) is 4.78. The molecule has 0 amide bonds. The van der Waals surface area contributed by atoms with Crippen molar-refractivity contribution in [1.29, 1.82) is 0 Å². The van der Waals surface area contributed by atoms with E-state index in [-0.39, 0.29) is 5.41 Å². The zero-order chi connectivity index (χ0) is 23.3. The molecule has 0 unspecified atom stereocenters. The molecule has 5 rings (SSSR count). The van der Waals surface area contributed by atoms with Crippen molar-refractivity contribution in [2.24, 2.45) is 0 Å². The topological polar surface area (TPSA) is 41.5 Å². The lowest BCUT2D eigenvalue weighted by molar-refractivity contribution is -0.0869. The summed E-state index contributed by atoms with van der Waals surface area (Å²) in [6.45, 7) is 2.45. The highest BCUT2D eigenvalue weighted by Crippen LogP contribution is 2.55. The van der Waals surface area contributed by atoms with Crippen molar-refractivity contribution in [3.05, 3.63) is 101 Å². The van der Waals surface area contributed by atoms with Gasteiger partial charge >= 0.3 is 0 Å². The summed E-state index contributed by atoms with van der Waals surface area (Å²) in [4.78, 5) is 0. The van der Waals surface area contributed by atoms with Gasteiger partial charge in [0.25, 0.3) is 0 Å². The van der Waals surface area contributed by atoms with E-state index in [2.05, 4.69) is 66.0 Å². The monoisotopic (exact) mass is 455 g/mol. The number of hydrogen-bond acceptors (Lipinski definition) is 3. The van der Waals surface area contributed by atoms with Gasteiger partial charge in [-0.05, 0) is 86.0 Å². The molecule has 2 aliphatic rings. The number of nitrogens with one attached hydrogen (secondary N) is 1. The average Bonchev–Trinajstić information content (AvgIpc) is 2.88. The molecule has 3 aromatic rings. The van der Waals surface area contributed by atoms with Crippen molar-refractivity contribution in [3.63, 3.8) is 0 Å². The molecule has 0 heterocycles. The molecule has 3 heteroatoms. The standard InChI is InChI=1S/C31H37NO2/c33-31-18-8-7-17-30(31,20-22-32-21-16-25-9-3-1-4-10-25)29-23-28(14-13-27(29)15-19-31)34-24-26-11-5-2-6-12-26/h1-6,9-14,23,32-33H,7-8,15-22,24H2/t30-,31+/m1/s1. The molecule has 178 valence electrons. The minimum atomic E-state index is -0.614. The second-order valence-electron chi connectivity index (χ2n) is 10.1. The predicted molar refractivity (Wildman–Crippen MR) is 138 cm³/mol. The van der Waals surface area contributed by atoms with E-state index in [4.69, 9.17) is 4.74 Å². The van der Waals surface area contributed by atoms with Crippen molar-refractivity contribution in [2.45, 2.75) is 69.0 Å². The van der Waals surface area contributed by atoms with Crippen LogP contribution in [0, 0.1) is 0 Å². The van der Waals surface area contributed by atoms with Gasteiger partial charge in [0.15, 0.2) is 0 Å². The Labute approximate surface area is 204 Å². The van der Waals surface area contributed by atoms with E-state index in [9.17, 15) is 5.11 Å². The Hall–Kier alpha value is -2.62. The fraction of sp³-hybridized carbons (Fsp3) is 0.419. The first-order valence-corrected chi connectivity index (χ1v) is 13.0. The van der Waals surface area contributed by atoms with Crippen LogP contribution in [0.15, 0.2) is 78.9 Å². The fourth-order valence-electron chi connectivity index (χ4n) is 6.25. The molecule has 2 atom stereocenters. The molecule has 34 heavy (non-hydrogen) atoms. The maximum absolute atomic E-state index is 12.0. The second-order valence-corrected chi connectivity index (χ2v) is 10.1. The smallest absolute Gasteiger partial charge is 0.120 e. The first kappa shape index (κ1) is 23.1. The third-order valence-corrected chi connectivity index (χ3v) is 8.15. The molecule has 0 bridgehead atoms. The molecule has 0 saturated heterocycles. The highest BCUT2D eigenvalue weighted by molar-refractivity contribution is 5.46. The van der Waals surface area contributed by atoms with Gasteiger partial charge in [-0.3, -0.25) is 0 Å². The van der Waals surface area contributed by atoms with Gasteiger partial charge in [-0.2, -0.15) is 0 Å². The van der Waals surface area contributed by atoms with E-state index < -0.39 is 5.60 Å². The van der Waals surface area contributed by atoms with Gasteiger partial charge in [0.2, 0.25) is 0 Å². The quantitative estimate of drug-likeness (QED) is 0.390. The van der Waals surface area contributed by atoms with Crippen LogP contribution in [0.1, 0.15) is 60.8 Å². The van der Waals surface area contributed by atoms with E-state index in [1.54, 1.807) is 0 Å². The van der Waals surface area contributed by atoms with E-state index in [0.717, 1.165) is 63.8 Å². The third-order valence-electron chi connectivity index (χ3n) is 8.15. The maximum Gasteiger partial charge on any atom is 0.120 e. The van der Waals surface area contributed by atoms with Crippen molar-refractivity contribution in [1.82, 2.24) is 5.32 Å². The van der Waals surface area contributed by atoms with Crippen LogP contribution >= 0.6 is 0 Å². The molecule has 1 saturated carbocycles. The molecular formula is C31H37NO2. The van der Waals surface area contributed by atoms with E-state index in [1.807, 2.05) is 18.2 Å². The van der Waals surface area contributed by atoms with Crippen LogP contribution in [0.4, 0.5) is 0 Å². The lowest BCUT2D eigenvalue weighted by Gasteiger charge is -2.55. The zero-order valence-corrected chi connectivity index (χ0v) is 20.1. The Morgan fingerprint density at radius 1 is 0.794 bits per heavy atom. The SMILES string of the molecule is O[C@]12CCCC[C@@]1(CCNCCc1ccccc1)c1cc(OCc3ccccc3)ccc1CC2. The number of benzene rings is 3. The molecule has 0 spiro atoms. The Morgan fingerprint density at radius 3 is 2.32 bits per heavy atom. The summed E-state index contributed by atoms with van der Waals surface area (Å²) >= 11 is 0. The lowest BCUT2D eigenvalue weighted by atomic mass is 9.53. The highest BCUT2D eigenvalue weighted by atomic mass is 16.5. The van der Waals surface area contributed by atoms with Crippen LogP contribution in [0.2, 0.25) is 0 Å². The summed E-state index contributed by atoms with van der Waals surface area (Å²) in [6, 6.07) is 27.6. The summed E-state index contributed by atoms with van der Waals surface area (Å²) in [6.07, 6.45) is 8.09.